The molecule has 0 N–H and O–H groups in total. The highest BCUT2D eigenvalue weighted by Crippen LogP contribution is 2.48. The SMILES string of the molecule is CCc1cc(N(c2ccccc2)c2ccccc2)ccc1-c1cc2c(cc1CC)B1C3=C(CC(N(c4ccccc4)c4ccccc4)C=C3)OC3C=C=CC(=C13)N2c1ccccc1. The number of rotatable bonds is 10. The van der Waals surface area contributed by atoms with Crippen LogP contribution in [0.5, 0.6) is 0 Å². The average Bonchev–Trinajstić information content (AvgIpc) is 3.35. The van der Waals surface area contributed by atoms with Crippen molar-refractivity contribution in [3.05, 3.63) is 246 Å². The van der Waals surface area contributed by atoms with E-state index in [9.17, 15) is 0 Å². The van der Waals surface area contributed by atoms with Crippen LogP contribution in [0.3, 0.4) is 0 Å². The Bertz CT molecular complexity index is 2890. The van der Waals surface area contributed by atoms with Crippen LogP contribution >= 0.6 is 0 Å². The molecular formula is C58H48BN3O. The van der Waals surface area contributed by atoms with Crippen molar-refractivity contribution >= 4 is 52.0 Å². The summed E-state index contributed by atoms with van der Waals surface area (Å²) in [5.74, 6) is 1.06. The van der Waals surface area contributed by atoms with Crippen molar-refractivity contribution in [2.24, 2.45) is 0 Å². The maximum atomic E-state index is 7.13. The molecule has 2 unspecified atom stereocenters. The Morgan fingerprint density at radius 3 is 1.79 bits per heavy atom. The molecule has 0 aromatic heterocycles. The number of para-hydroxylation sites is 5. The largest absolute Gasteiger partial charge is 0.487 e. The predicted molar refractivity (Wildman–Crippen MR) is 263 cm³/mol. The molecular weight excluding hydrogens is 765 g/mol. The topological polar surface area (TPSA) is 19.0 Å². The Morgan fingerprint density at radius 2 is 1.19 bits per heavy atom. The number of hydrogen-bond donors (Lipinski definition) is 0. The lowest BCUT2D eigenvalue weighted by Crippen LogP contribution is -2.52. The summed E-state index contributed by atoms with van der Waals surface area (Å²) in [5.41, 5.74) is 21.9. The summed E-state index contributed by atoms with van der Waals surface area (Å²) in [6, 6.07) is 65.8. The molecule has 5 heteroatoms. The number of hydrogen-bond acceptors (Lipinski definition) is 4. The van der Waals surface area contributed by atoms with Gasteiger partial charge in [0.05, 0.1) is 11.8 Å². The standard InChI is InChI=1S/C58H48BN3O/c1-3-41-37-48(60(43-21-10-5-11-22-43)44-23-12-6-13-24-44)33-35-50(41)51-40-55-53(38-42(51)4-2)59-52-36-34-49(61(45-25-14-7-15-26-45)46-27-16-8-17-28-46)39-57(52)63-56-32-20-31-54(58(56)59)62(55)47-29-18-9-19-30-47/h5-19,21-38,40,49,56H,3-4,39H2,1-2H3. The van der Waals surface area contributed by atoms with Gasteiger partial charge in [-0.15, -0.1) is 5.73 Å². The number of allylic oxidation sites excluding steroid dienone is 3. The highest BCUT2D eigenvalue weighted by molar-refractivity contribution is 6.89. The van der Waals surface area contributed by atoms with E-state index in [0.717, 1.165) is 64.8 Å². The molecule has 4 aliphatic rings. The van der Waals surface area contributed by atoms with Crippen LogP contribution in [0.4, 0.5) is 39.8 Å². The first-order chi connectivity index (χ1) is 31.2. The van der Waals surface area contributed by atoms with Crippen molar-refractivity contribution in [3.8, 4) is 11.1 Å². The van der Waals surface area contributed by atoms with Gasteiger partial charge in [0.2, 0.25) is 0 Å². The fraction of sp³-hybridized carbons (Fsp3) is 0.121. The van der Waals surface area contributed by atoms with Crippen LogP contribution in [0, 0.1) is 0 Å². The molecule has 63 heavy (non-hydrogen) atoms. The molecule has 11 rings (SSSR count). The molecule has 7 aromatic carbocycles. The Balaban J connectivity index is 1.06. The van der Waals surface area contributed by atoms with E-state index in [1.165, 1.54) is 44.3 Å². The minimum Gasteiger partial charge on any atom is -0.487 e. The molecule has 0 spiro atoms. The molecule has 0 amide bonds. The van der Waals surface area contributed by atoms with Gasteiger partial charge in [-0.1, -0.05) is 129 Å². The van der Waals surface area contributed by atoms with Crippen molar-refractivity contribution in [1.82, 2.24) is 0 Å². The molecule has 0 saturated carbocycles. The van der Waals surface area contributed by atoms with E-state index in [1.54, 1.807) is 0 Å². The van der Waals surface area contributed by atoms with Crippen LogP contribution in [0.15, 0.2) is 234 Å². The predicted octanol–water partition coefficient (Wildman–Crippen LogP) is 13.7. The number of benzene rings is 7. The van der Waals surface area contributed by atoms with Gasteiger partial charge in [-0.3, -0.25) is 0 Å². The van der Waals surface area contributed by atoms with Crippen LogP contribution in [-0.2, 0) is 17.6 Å². The van der Waals surface area contributed by atoms with Crippen molar-refractivity contribution in [1.29, 1.82) is 0 Å². The second-order valence-corrected chi connectivity index (χ2v) is 16.6. The van der Waals surface area contributed by atoms with E-state index in [0.29, 0.717) is 0 Å². The van der Waals surface area contributed by atoms with Gasteiger partial charge in [0.25, 0.3) is 6.71 Å². The lowest BCUT2D eigenvalue weighted by molar-refractivity contribution is 0.169. The number of anilines is 7. The maximum Gasteiger partial charge on any atom is 0.251 e. The number of ether oxygens (including phenoxy) is 1. The van der Waals surface area contributed by atoms with Crippen LogP contribution in [0.25, 0.3) is 11.1 Å². The molecule has 2 aliphatic heterocycles. The maximum absolute atomic E-state index is 7.13. The second kappa shape index (κ2) is 16.4. The lowest BCUT2D eigenvalue weighted by atomic mass is 9.31. The quantitative estimate of drug-likeness (QED) is 0.101. The summed E-state index contributed by atoms with van der Waals surface area (Å²) in [7, 11) is 0. The van der Waals surface area contributed by atoms with Gasteiger partial charge in [-0.05, 0) is 130 Å². The normalized spacial score (nSPS) is 16.9. The number of aryl methyl sites for hydroxylation is 2. The smallest absolute Gasteiger partial charge is 0.251 e. The first kappa shape index (κ1) is 38.5. The highest BCUT2D eigenvalue weighted by atomic mass is 16.5. The fourth-order valence-corrected chi connectivity index (χ4v) is 10.2. The number of nitrogens with zero attached hydrogens (tertiary/aromatic N) is 3. The second-order valence-electron chi connectivity index (χ2n) is 16.6. The van der Waals surface area contributed by atoms with Gasteiger partial charge >= 0.3 is 0 Å². The van der Waals surface area contributed by atoms with Crippen LogP contribution < -0.4 is 20.2 Å². The van der Waals surface area contributed by atoms with E-state index in [-0.39, 0.29) is 18.9 Å². The first-order valence-electron chi connectivity index (χ1n) is 22.4. The third-order valence-electron chi connectivity index (χ3n) is 13.1. The van der Waals surface area contributed by atoms with Crippen molar-refractivity contribution in [3.63, 3.8) is 0 Å². The van der Waals surface area contributed by atoms with Gasteiger partial charge in [0, 0.05) is 64.1 Å². The van der Waals surface area contributed by atoms with Gasteiger partial charge in [-0.2, -0.15) is 0 Å². The molecule has 2 atom stereocenters. The minimum atomic E-state index is -0.219. The molecule has 4 nitrogen and oxygen atoms in total. The van der Waals surface area contributed by atoms with Crippen LogP contribution in [0.1, 0.15) is 31.4 Å². The summed E-state index contributed by atoms with van der Waals surface area (Å²) in [6.45, 7) is 4.62. The Hall–Kier alpha value is -7.46. The zero-order valence-corrected chi connectivity index (χ0v) is 35.7. The van der Waals surface area contributed by atoms with Gasteiger partial charge in [0.15, 0.2) is 0 Å². The van der Waals surface area contributed by atoms with Crippen molar-refractivity contribution < 1.29 is 4.74 Å². The van der Waals surface area contributed by atoms with E-state index < -0.39 is 0 Å². The minimum absolute atomic E-state index is 0.0371. The first-order valence-corrected chi connectivity index (χ1v) is 22.4. The Labute approximate surface area is 371 Å². The average molecular weight is 814 g/mol. The number of fused-ring (bicyclic) bond motifs is 3. The van der Waals surface area contributed by atoms with Crippen LogP contribution in [-0.4, -0.2) is 18.9 Å². The molecule has 0 fully saturated rings. The van der Waals surface area contributed by atoms with E-state index >= 15 is 0 Å². The molecule has 7 aromatic rings. The third-order valence-corrected chi connectivity index (χ3v) is 13.1. The molecule has 304 valence electrons. The summed E-state index contributed by atoms with van der Waals surface area (Å²) >= 11 is 0. The van der Waals surface area contributed by atoms with Crippen molar-refractivity contribution in [2.75, 3.05) is 14.7 Å². The summed E-state index contributed by atoms with van der Waals surface area (Å²) in [6.07, 6.45) is 11.4. The molecule has 0 bridgehead atoms. The zero-order chi connectivity index (χ0) is 42.3. The van der Waals surface area contributed by atoms with E-state index in [4.69, 9.17) is 4.74 Å². The highest BCUT2D eigenvalue weighted by Gasteiger charge is 2.47. The summed E-state index contributed by atoms with van der Waals surface area (Å²) < 4.78 is 7.13. The van der Waals surface area contributed by atoms with Crippen molar-refractivity contribution in [2.45, 2.75) is 45.3 Å². The van der Waals surface area contributed by atoms with Gasteiger partial charge in [-0.25, -0.2) is 0 Å². The Kier molecular flexibility index (Phi) is 10.0. The third kappa shape index (κ3) is 6.82. The molecule has 0 saturated heterocycles. The summed E-state index contributed by atoms with van der Waals surface area (Å²) in [4.78, 5) is 7.26. The molecule has 0 radical (unpaired) electrons. The molecule has 2 heterocycles. The Morgan fingerprint density at radius 1 is 0.619 bits per heavy atom. The van der Waals surface area contributed by atoms with Gasteiger partial charge in [0.1, 0.15) is 6.10 Å². The zero-order valence-electron chi connectivity index (χ0n) is 35.7. The molecule has 2 aliphatic carbocycles. The lowest BCUT2D eigenvalue weighted by Gasteiger charge is -2.45. The van der Waals surface area contributed by atoms with Gasteiger partial charge < -0.3 is 19.4 Å². The van der Waals surface area contributed by atoms with E-state index in [2.05, 4.69) is 241 Å². The van der Waals surface area contributed by atoms with E-state index in [1.807, 2.05) is 0 Å². The summed E-state index contributed by atoms with van der Waals surface area (Å²) in [5, 5.41) is 0. The monoisotopic (exact) mass is 813 g/mol. The van der Waals surface area contributed by atoms with Crippen LogP contribution in [0.2, 0.25) is 0 Å². The fourth-order valence-electron chi connectivity index (χ4n) is 10.2.